The van der Waals surface area contributed by atoms with Crippen molar-refractivity contribution in [3.05, 3.63) is 0 Å². The second-order valence-corrected chi connectivity index (χ2v) is 1.30. The number of nitrogens with one attached hydrogen (secondary N) is 1. The summed E-state index contributed by atoms with van der Waals surface area (Å²) in [6.07, 6.45) is 0. The average molecular weight is 103 g/mol. The van der Waals surface area contributed by atoms with Crippen molar-refractivity contribution in [2.45, 2.75) is 13.8 Å². The van der Waals surface area contributed by atoms with E-state index in [0.717, 1.165) is 13.1 Å². The van der Waals surface area contributed by atoms with E-state index in [0.29, 0.717) is 0 Å². The topological polar surface area (TPSA) is 41.3 Å². The van der Waals surface area contributed by atoms with E-state index < -0.39 is 0 Å². The van der Waals surface area contributed by atoms with Crippen LogP contribution in [0.15, 0.2) is 0 Å². The maximum Gasteiger partial charge on any atom is 0.0115 e. The molecule has 0 aliphatic carbocycles. The number of hydrogen-bond acceptors (Lipinski definition) is 3. The van der Waals surface area contributed by atoms with Crippen LogP contribution in [0.1, 0.15) is 13.8 Å². The number of nitrogens with two attached hydrogens (primary N) is 1. The molecule has 0 aliphatic rings. The fourth-order valence-corrected chi connectivity index (χ4v) is 0.406. The zero-order valence-electron chi connectivity index (χ0n) is 4.94. The van der Waals surface area contributed by atoms with Crippen molar-refractivity contribution in [3.63, 3.8) is 0 Å². The first kappa shape index (κ1) is 6.88. The molecule has 0 atom stereocenters. The van der Waals surface area contributed by atoms with Gasteiger partial charge in [-0.2, -0.15) is 5.53 Å². The van der Waals surface area contributed by atoms with Gasteiger partial charge < -0.3 is 0 Å². The summed E-state index contributed by atoms with van der Waals surface area (Å²) in [6, 6.07) is 0. The minimum Gasteiger partial charge on any atom is -0.258 e. The molecule has 0 spiro atoms. The van der Waals surface area contributed by atoms with Crippen LogP contribution in [0.5, 0.6) is 0 Å². The Morgan fingerprint density at radius 1 is 1.43 bits per heavy atom. The van der Waals surface area contributed by atoms with Gasteiger partial charge in [-0.15, -0.1) is 0 Å². The van der Waals surface area contributed by atoms with Crippen molar-refractivity contribution in [3.8, 4) is 0 Å². The molecular formula is C4H13N3. The van der Waals surface area contributed by atoms with Crippen molar-refractivity contribution in [1.29, 1.82) is 0 Å². The summed E-state index contributed by atoms with van der Waals surface area (Å²) in [4.78, 5) is 0. The minimum absolute atomic E-state index is 0.951. The molecule has 3 N–H and O–H groups in total. The standard InChI is InChI=1S/C4H13N3/c1-3-7(4-2)6-5/h6H,3-5H2,1-2H3. The Hall–Kier alpha value is -0.120. The van der Waals surface area contributed by atoms with Gasteiger partial charge in [-0.1, -0.05) is 13.8 Å². The third kappa shape index (κ3) is 2.56. The molecule has 3 heteroatoms. The summed E-state index contributed by atoms with van der Waals surface area (Å²) in [7, 11) is 0. The number of hydrazine groups is 2. The van der Waals surface area contributed by atoms with E-state index in [-0.39, 0.29) is 0 Å². The molecule has 0 radical (unpaired) electrons. The van der Waals surface area contributed by atoms with Crippen LogP contribution in [0.4, 0.5) is 0 Å². The van der Waals surface area contributed by atoms with Crippen LogP contribution < -0.4 is 11.4 Å². The predicted octanol–water partition coefficient (Wildman–Crippen LogP) is -0.294. The SMILES string of the molecule is CCN(CC)NN. The van der Waals surface area contributed by atoms with Gasteiger partial charge in [0.25, 0.3) is 0 Å². The lowest BCUT2D eigenvalue weighted by Crippen LogP contribution is -2.42. The van der Waals surface area contributed by atoms with Crippen molar-refractivity contribution in [1.82, 2.24) is 10.5 Å². The minimum atomic E-state index is 0.951. The van der Waals surface area contributed by atoms with Crippen LogP contribution in [0.25, 0.3) is 0 Å². The van der Waals surface area contributed by atoms with Gasteiger partial charge in [-0.3, -0.25) is 5.84 Å². The molecule has 0 rings (SSSR count). The van der Waals surface area contributed by atoms with Crippen molar-refractivity contribution >= 4 is 0 Å². The highest BCUT2D eigenvalue weighted by atomic mass is 15.6. The molecule has 3 nitrogen and oxygen atoms in total. The highest BCUT2D eigenvalue weighted by molar-refractivity contribution is 4.35. The fraction of sp³-hybridized carbons (Fsp3) is 1.00. The van der Waals surface area contributed by atoms with Crippen LogP contribution in [0, 0.1) is 0 Å². The lowest BCUT2D eigenvalue weighted by Gasteiger charge is -2.14. The van der Waals surface area contributed by atoms with Gasteiger partial charge in [0.1, 0.15) is 0 Å². The van der Waals surface area contributed by atoms with E-state index in [2.05, 4.69) is 5.53 Å². The molecule has 0 saturated heterocycles. The lowest BCUT2D eigenvalue weighted by molar-refractivity contribution is 0.212. The Morgan fingerprint density at radius 3 is 1.86 bits per heavy atom. The Balaban J connectivity index is 2.99. The lowest BCUT2D eigenvalue weighted by atomic mass is 10.6. The summed E-state index contributed by atoms with van der Waals surface area (Å²) >= 11 is 0. The third-order valence-corrected chi connectivity index (χ3v) is 0.946. The van der Waals surface area contributed by atoms with Crippen molar-refractivity contribution < 1.29 is 0 Å². The highest BCUT2D eigenvalue weighted by Crippen LogP contribution is 1.72. The first-order chi connectivity index (χ1) is 3.35. The second kappa shape index (κ2) is 4.05. The van der Waals surface area contributed by atoms with Crippen LogP contribution in [0.3, 0.4) is 0 Å². The molecular weight excluding hydrogens is 90.1 g/mol. The summed E-state index contributed by atoms with van der Waals surface area (Å²) in [5.74, 6) is 5.07. The smallest absolute Gasteiger partial charge is 0.0115 e. The number of rotatable bonds is 3. The summed E-state index contributed by atoms with van der Waals surface area (Å²) in [5, 5.41) is 1.90. The van der Waals surface area contributed by atoms with Crippen LogP contribution in [0.2, 0.25) is 0 Å². The zero-order chi connectivity index (χ0) is 5.70. The summed E-state index contributed by atoms with van der Waals surface area (Å²) in [5.41, 5.74) is 2.53. The maximum absolute atomic E-state index is 5.07. The molecule has 44 valence electrons. The van der Waals surface area contributed by atoms with E-state index in [9.17, 15) is 0 Å². The van der Waals surface area contributed by atoms with E-state index in [4.69, 9.17) is 5.84 Å². The normalized spacial score (nSPS) is 10.3. The van der Waals surface area contributed by atoms with Crippen LogP contribution in [-0.2, 0) is 0 Å². The monoisotopic (exact) mass is 103 g/mol. The zero-order valence-corrected chi connectivity index (χ0v) is 4.94. The van der Waals surface area contributed by atoms with E-state index in [1.54, 1.807) is 0 Å². The maximum atomic E-state index is 5.07. The molecule has 7 heavy (non-hydrogen) atoms. The van der Waals surface area contributed by atoms with Gasteiger partial charge in [-0.25, -0.2) is 5.01 Å². The third-order valence-electron chi connectivity index (χ3n) is 0.946. The van der Waals surface area contributed by atoms with Gasteiger partial charge in [0, 0.05) is 13.1 Å². The second-order valence-electron chi connectivity index (χ2n) is 1.30. The molecule has 0 aromatic rings. The molecule has 0 amide bonds. The molecule has 0 heterocycles. The Bertz CT molecular complexity index is 28.4. The van der Waals surface area contributed by atoms with Crippen LogP contribution in [-0.4, -0.2) is 18.1 Å². The molecule has 0 aromatic carbocycles. The Labute approximate surface area is 44.4 Å². The number of nitrogens with zero attached hydrogens (tertiary/aromatic N) is 1. The van der Waals surface area contributed by atoms with E-state index in [1.165, 1.54) is 0 Å². The molecule has 0 aliphatic heterocycles. The first-order valence-corrected chi connectivity index (χ1v) is 2.56. The quantitative estimate of drug-likeness (QED) is 0.381. The fourth-order valence-electron chi connectivity index (χ4n) is 0.406. The molecule has 0 aromatic heterocycles. The van der Waals surface area contributed by atoms with Crippen LogP contribution >= 0.6 is 0 Å². The van der Waals surface area contributed by atoms with E-state index >= 15 is 0 Å². The Morgan fingerprint density at radius 2 is 1.86 bits per heavy atom. The largest absolute Gasteiger partial charge is 0.258 e. The molecule has 0 fully saturated rings. The van der Waals surface area contributed by atoms with Gasteiger partial charge in [0.15, 0.2) is 0 Å². The summed E-state index contributed by atoms with van der Waals surface area (Å²) in [6.45, 7) is 5.99. The first-order valence-electron chi connectivity index (χ1n) is 2.56. The Kier molecular flexibility index (Phi) is 3.98. The molecule has 0 unspecified atom stereocenters. The number of hydrogen-bond donors (Lipinski definition) is 2. The summed E-state index contributed by atoms with van der Waals surface area (Å²) < 4.78 is 0. The molecule has 0 saturated carbocycles. The van der Waals surface area contributed by atoms with E-state index in [1.807, 2.05) is 18.9 Å². The predicted molar refractivity (Wildman–Crippen MR) is 30.2 cm³/mol. The van der Waals surface area contributed by atoms with Gasteiger partial charge in [0.05, 0.1) is 0 Å². The van der Waals surface area contributed by atoms with Crippen molar-refractivity contribution in [2.24, 2.45) is 5.84 Å². The van der Waals surface area contributed by atoms with Gasteiger partial charge >= 0.3 is 0 Å². The van der Waals surface area contributed by atoms with Gasteiger partial charge in [-0.05, 0) is 0 Å². The van der Waals surface area contributed by atoms with Gasteiger partial charge in [0.2, 0.25) is 0 Å². The average Bonchev–Trinajstić information content (AvgIpc) is 1.72. The molecule has 0 bridgehead atoms. The highest BCUT2D eigenvalue weighted by Gasteiger charge is 1.88. The van der Waals surface area contributed by atoms with Crippen molar-refractivity contribution in [2.75, 3.05) is 13.1 Å².